The van der Waals surface area contributed by atoms with Gasteiger partial charge in [-0.3, -0.25) is 0 Å². The Balaban J connectivity index is 2.76. The van der Waals surface area contributed by atoms with Gasteiger partial charge in [-0.25, -0.2) is 0 Å². The minimum atomic E-state index is 1.20. The molecule has 0 saturated carbocycles. The molecule has 0 aliphatic carbocycles. The van der Waals surface area contributed by atoms with Crippen LogP contribution in [0.25, 0.3) is 0 Å². The first-order valence-corrected chi connectivity index (χ1v) is 2.63. The van der Waals surface area contributed by atoms with Crippen molar-refractivity contribution in [3.8, 4) is 0 Å². The molecule has 1 nitrogen and oxygen atoms in total. The van der Waals surface area contributed by atoms with E-state index in [9.17, 15) is 0 Å². The van der Waals surface area contributed by atoms with E-state index >= 15 is 0 Å². The van der Waals surface area contributed by atoms with Crippen LogP contribution >= 0.6 is 0 Å². The Labute approximate surface area is 49.7 Å². The summed E-state index contributed by atoms with van der Waals surface area (Å²) in [6, 6.07) is 0. The summed E-state index contributed by atoms with van der Waals surface area (Å²) in [6.07, 6.45) is 3.64. The summed E-state index contributed by atoms with van der Waals surface area (Å²) >= 11 is 0. The molecule has 0 aromatic carbocycles. The second-order valence-electron chi connectivity index (χ2n) is 1.92. The molecule has 0 unspecified atom stereocenters. The van der Waals surface area contributed by atoms with E-state index in [0.29, 0.717) is 0 Å². The van der Waals surface area contributed by atoms with E-state index < -0.39 is 0 Å². The average molecular weight is 109 g/mol. The molecule has 1 aliphatic heterocycles. The lowest BCUT2D eigenvalue weighted by molar-refractivity contribution is 0.344. The van der Waals surface area contributed by atoms with Crippen molar-refractivity contribution in [3.63, 3.8) is 0 Å². The third-order valence-corrected chi connectivity index (χ3v) is 1.26. The summed E-state index contributed by atoms with van der Waals surface area (Å²) in [5.74, 6) is 0. The molecular weight excluding hydrogens is 100 g/mol. The fourth-order valence-corrected chi connectivity index (χ4v) is 0.507. The van der Waals surface area contributed by atoms with E-state index in [0.717, 1.165) is 0 Å². The standard InChI is InChI=1S/C7H9O/c1-6-3-4-8-5-7(6)2/h3-5H,1-2H3. The number of allylic oxidation sites excluding steroid dienone is 2. The van der Waals surface area contributed by atoms with Gasteiger partial charge in [0, 0.05) is 0 Å². The number of hydrogen-bond acceptors (Lipinski definition) is 1. The van der Waals surface area contributed by atoms with Crippen LogP contribution in [0.1, 0.15) is 13.8 Å². The SMILES string of the molecule is CC1=C(C)C=CO[CH]1. The molecule has 0 amide bonds. The molecule has 0 atom stereocenters. The van der Waals surface area contributed by atoms with Crippen LogP contribution in [0.3, 0.4) is 0 Å². The van der Waals surface area contributed by atoms with Crippen LogP contribution in [-0.4, -0.2) is 0 Å². The van der Waals surface area contributed by atoms with Crippen molar-refractivity contribution < 1.29 is 4.74 Å². The zero-order valence-corrected chi connectivity index (χ0v) is 5.14. The maximum Gasteiger partial charge on any atom is 0.160 e. The van der Waals surface area contributed by atoms with E-state index in [2.05, 4.69) is 6.92 Å². The fourth-order valence-electron chi connectivity index (χ4n) is 0.507. The minimum absolute atomic E-state index is 1.20. The highest BCUT2D eigenvalue weighted by Gasteiger charge is 1.97. The van der Waals surface area contributed by atoms with Gasteiger partial charge in [-0.15, -0.1) is 0 Å². The molecule has 0 saturated heterocycles. The zero-order chi connectivity index (χ0) is 5.98. The van der Waals surface area contributed by atoms with E-state index in [1.165, 1.54) is 11.1 Å². The Kier molecular flexibility index (Phi) is 1.38. The topological polar surface area (TPSA) is 9.23 Å². The molecule has 1 heteroatoms. The van der Waals surface area contributed by atoms with E-state index in [1.54, 1.807) is 12.9 Å². The monoisotopic (exact) mass is 109 g/mol. The van der Waals surface area contributed by atoms with Gasteiger partial charge in [-0.2, -0.15) is 0 Å². The largest absolute Gasteiger partial charge is 0.489 e. The molecule has 0 aromatic rings. The third-order valence-electron chi connectivity index (χ3n) is 1.26. The highest BCUT2D eigenvalue weighted by Crippen LogP contribution is 2.13. The van der Waals surface area contributed by atoms with Crippen LogP contribution in [0.5, 0.6) is 0 Å². The van der Waals surface area contributed by atoms with Gasteiger partial charge >= 0.3 is 0 Å². The Bertz CT molecular complexity index is 142. The van der Waals surface area contributed by atoms with Crippen molar-refractivity contribution in [3.05, 3.63) is 30.1 Å². The molecule has 1 rings (SSSR count). The van der Waals surface area contributed by atoms with Gasteiger partial charge in [0.1, 0.15) is 0 Å². The third kappa shape index (κ3) is 0.915. The second kappa shape index (κ2) is 2.03. The summed E-state index contributed by atoms with van der Waals surface area (Å²) < 4.78 is 4.89. The molecular formula is C7H9O. The molecule has 0 bridgehead atoms. The molecule has 0 fully saturated rings. The Morgan fingerprint density at radius 2 is 2.00 bits per heavy atom. The molecule has 0 aromatic heterocycles. The maximum atomic E-state index is 4.89. The lowest BCUT2D eigenvalue weighted by Crippen LogP contribution is -1.89. The highest BCUT2D eigenvalue weighted by molar-refractivity contribution is 5.27. The van der Waals surface area contributed by atoms with E-state index in [1.807, 2.05) is 13.0 Å². The molecule has 1 aliphatic rings. The smallest absolute Gasteiger partial charge is 0.160 e. The van der Waals surface area contributed by atoms with Gasteiger partial charge in [0.2, 0.25) is 0 Å². The Hall–Kier alpha value is -0.720. The summed E-state index contributed by atoms with van der Waals surface area (Å²) in [6.45, 7) is 5.83. The molecule has 1 heterocycles. The summed E-state index contributed by atoms with van der Waals surface area (Å²) in [5.41, 5.74) is 2.48. The van der Waals surface area contributed by atoms with Crippen LogP contribution in [0.2, 0.25) is 0 Å². The van der Waals surface area contributed by atoms with Crippen LogP contribution in [0, 0.1) is 6.61 Å². The van der Waals surface area contributed by atoms with Gasteiger partial charge in [0.15, 0.2) is 6.61 Å². The highest BCUT2D eigenvalue weighted by atomic mass is 16.5. The van der Waals surface area contributed by atoms with Crippen molar-refractivity contribution in [2.45, 2.75) is 13.8 Å². The zero-order valence-electron chi connectivity index (χ0n) is 5.14. The van der Waals surface area contributed by atoms with Gasteiger partial charge in [-0.05, 0) is 31.1 Å². The summed E-state index contributed by atoms with van der Waals surface area (Å²) in [7, 11) is 0. The van der Waals surface area contributed by atoms with Crippen molar-refractivity contribution in [1.29, 1.82) is 0 Å². The normalized spacial score (nSPS) is 18.8. The van der Waals surface area contributed by atoms with Crippen molar-refractivity contribution in [2.75, 3.05) is 0 Å². The van der Waals surface area contributed by atoms with Crippen LogP contribution in [0.4, 0.5) is 0 Å². The molecule has 8 heavy (non-hydrogen) atoms. The van der Waals surface area contributed by atoms with Crippen molar-refractivity contribution >= 4 is 0 Å². The van der Waals surface area contributed by atoms with E-state index in [-0.39, 0.29) is 0 Å². The van der Waals surface area contributed by atoms with Crippen LogP contribution in [0.15, 0.2) is 23.5 Å². The molecule has 0 N–H and O–H groups in total. The first-order valence-electron chi connectivity index (χ1n) is 2.63. The molecule has 1 radical (unpaired) electrons. The second-order valence-corrected chi connectivity index (χ2v) is 1.92. The summed E-state index contributed by atoms with van der Waals surface area (Å²) in [5, 5.41) is 0. The van der Waals surface area contributed by atoms with E-state index in [4.69, 9.17) is 4.74 Å². The van der Waals surface area contributed by atoms with Crippen LogP contribution in [-0.2, 0) is 4.74 Å². The molecule has 0 spiro atoms. The Morgan fingerprint density at radius 3 is 2.38 bits per heavy atom. The quantitative estimate of drug-likeness (QED) is 0.462. The maximum absolute atomic E-state index is 4.89. The summed E-state index contributed by atoms with van der Waals surface area (Å²) in [4.78, 5) is 0. The van der Waals surface area contributed by atoms with Crippen LogP contribution < -0.4 is 0 Å². The average Bonchev–Trinajstić information content (AvgIpc) is 1.77. The van der Waals surface area contributed by atoms with Crippen molar-refractivity contribution in [1.82, 2.24) is 0 Å². The first kappa shape index (κ1) is 5.42. The molecule has 43 valence electrons. The number of ether oxygens (including phenoxy) is 1. The number of hydrogen-bond donors (Lipinski definition) is 0. The minimum Gasteiger partial charge on any atom is -0.489 e. The lowest BCUT2D eigenvalue weighted by atomic mass is 10.1. The van der Waals surface area contributed by atoms with Gasteiger partial charge in [0.25, 0.3) is 0 Å². The van der Waals surface area contributed by atoms with Gasteiger partial charge in [-0.1, -0.05) is 0 Å². The predicted octanol–water partition coefficient (Wildman–Crippen LogP) is 2.03. The Morgan fingerprint density at radius 1 is 1.25 bits per heavy atom. The first-order chi connectivity index (χ1) is 3.80. The van der Waals surface area contributed by atoms with Gasteiger partial charge < -0.3 is 4.74 Å². The fraction of sp³-hybridized carbons (Fsp3) is 0.286. The lowest BCUT2D eigenvalue weighted by Gasteiger charge is -2.07. The van der Waals surface area contributed by atoms with Gasteiger partial charge in [0.05, 0.1) is 6.26 Å². The predicted molar refractivity (Wildman–Crippen MR) is 32.9 cm³/mol. The number of rotatable bonds is 0. The van der Waals surface area contributed by atoms with Crippen molar-refractivity contribution in [2.24, 2.45) is 0 Å².